The zero-order chi connectivity index (χ0) is 15.0. The minimum Gasteiger partial charge on any atom is -0.281 e. The number of hydrogen-bond acceptors (Lipinski definition) is 3. The van der Waals surface area contributed by atoms with Gasteiger partial charge in [0.1, 0.15) is 4.90 Å². The van der Waals surface area contributed by atoms with E-state index >= 15 is 0 Å². The highest BCUT2D eigenvalue weighted by Crippen LogP contribution is 2.30. The predicted molar refractivity (Wildman–Crippen MR) is 76.7 cm³/mol. The average molecular weight is 308 g/mol. The van der Waals surface area contributed by atoms with Crippen LogP contribution in [-0.4, -0.2) is 36.0 Å². The minimum atomic E-state index is -3.60. The molecule has 110 valence electrons. The number of rotatable bonds is 4. The second-order valence-electron chi connectivity index (χ2n) is 5.82. The quantitative estimate of drug-likeness (QED) is 0.869. The Kier molecular flexibility index (Phi) is 4.70. The van der Waals surface area contributed by atoms with E-state index in [1.807, 2.05) is 27.7 Å². The first-order valence-corrected chi connectivity index (χ1v) is 8.08. The van der Waals surface area contributed by atoms with Gasteiger partial charge in [-0.2, -0.15) is 9.40 Å². The van der Waals surface area contributed by atoms with Crippen molar-refractivity contribution >= 4 is 21.6 Å². The van der Waals surface area contributed by atoms with Crippen molar-refractivity contribution in [1.82, 2.24) is 14.5 Å². The molecule has 0 bridgehead atoms. The van der Waals surface area contributed by atoms with Crippen molar-refractivity contribution in [1.29, 1.82) is 0 Å². The molecule has 0 fully saturated rings. The maximum absolute atomic E-state index is 12.7. The van der Waals surface area contributed by atoms with Crippen molar-refractivity contribution in [2.75, 3.05) is 7.05 Å². The Morgan fingerprint density at radius 3 is 2.37 bits per heavy atom. The fourth-order valence-corrected chi connectivity index (χ4v) is 3.94. The Labute approximate surface area is 120 Å². The maximum Gasteiger partial charge on any atom is 0.246 e. The zero-order valence-corrected chi connectivity index (χ0v) is 13.9. The van der Waals surface area contributed by atoms with Gasteiger partial charge < -0.3 is 0 Å². The van der Waals surface area contributed by atoms with E-state index in [1.54, 1.807) is 14.0 Å². The van der Waals surface area contributed by atoms with E-state index in [-0.39, 0.29) is 22.2 Å². The third-order valence-electron chi connectivity index (χ3n) is 3.52. The third kappa shape index (κ3) is 3.12. The second kappa shape index (κ2) is 5.42. The summed E-state index contributed by atoms with van der Waals surface area (Å²) in [5.41, 5.74) is 0.733. The molecule has 0 aliphatic carbocycles. The number of hydrogen-bond donors (Lipinski definition) is 1. The van der Waals surface area contributed by atoms with Crippen LogP contribution in [0.5, 0.6) is 0 Å². The lowest BCUT2D eigenvalue weighted by molar-refractivity contribution is 0.216. The monoisotopic (exact) mass is 307 g/mol. The van der Waals surface area contributed by atoms with Crippen molar-refractivity contribution in [3.63, 3.8) is 0 Å². The summed E-state index contributed by atoms with van der Waals surface area (Å²) in [4.78, 5) is 0.195. The van der Waals surface area contributed by atoms with Crippen LogP contribution < -0.4 is 0 Å². The van der Waals surface area contributed by atoms with E-state index < -0.39 is 10.0 Å². The summed E-state index contributed by atoms with van der Waals surface area (Å²) in [6.45, 7) is 9.61. The second-order valence-corrected chi connectivity index (χ2v) is 8.02. The summed E-state index contributed by atoms with van der Waals surface area (Å²) in [5.74, 6) is 0.0661. The number of aromatic nitrogens is 2. The van der Waals surface area contributed by atoms with Crippen LogP contribution in [0.15, 0.2) is 4.90 Å². The van der Waals surface area contributed by atoms with Gasteiger partial charge in [0, 0.05) is 13.1 Å². The molecular formula is C12H22ClN3O2S. The van der Waals surface area contributed by atoms with Gasteiger partial charge in [0.25, 0.3) is 0 Å². The van der Waals surface area contributed by atoms with Crippen LogP contribution in [0.25, 0.3) is 0 Å². The summed E-state index contributed by atoms with van der Waals surface area (Å²) in [7, 11) is -2.00. The Hall–Kier alpha value is -0.590. The molecule has 1 N–H and O–H groups in total. The molecule has 19 heavy (non-hydrogen) atoms. The first-order chi connectivity index (χ1) is 8.53. The van der Waals surface area contributed by atoms with Gasteiger partial charge in [-0.15, -0.1) is 11.6 Å². The standard InChI is InChI=1S/C12H22ClN3O2S/c1-8-11(10(7-13)15-14-8)19(17,18)16(6)9(2)12(3,4)5/h9H,7H2,1-6H3,(H,14,15). The lowest BCUT2D eigenvalue weighted by atomic mass is 9.88. The van der Waals surface area contributed by atoms with Gasteiger partial charge >= 0.3 is 0 Å². The lowest BCUT2D eigenvalue weighted by Gasteiger charge is -2.34. The van der Waals surface area contributed by atoms with Crippen LogP contribution in [0.2, 0.25) is 0 Å². The van der Waals surface area contributed by atoms with E-state index in [0.717, 1.165) is 0 Å². The van der Waals surface area contributed by atoms with E-state index in [4.69, 9.17) is 11.6 Å². The van der Waals surface area contributed by atoms with Crippen LogP contribution in [0.4, 0.5) is 0 Å². The lowest BCUT2D eigenvalue weighted by Crippen LogP contribution is -2.43. The average Bonchev–Trinajstić information content (AvgIpc) is 2.67. The largest absolute Gasteiger partial charge is 0.281 e. The first-order valence-electron chi connectivity index (χ1n) is 6.11. The van der Waals surface area contributed by atoms with Crippen molar-refractivity contribution in [2.45, 2.75) is 51.4 Å². The van der Waals surface area contributed by atoms with Crippen molar-refractivity contribution < 1.29 is 8.42 Å². The van der Waals surface area contributed by atoms with Gasteiger partial charge in [0.15, 0.2) is 0 Å². The van der Waals surface area contributed by atoms with Crippen LogP contribution in [-0.2, 0) is 15.9 Å². The summed E-state index contributed by atoms with van der Waals surface area (Å²) >= 11 is 5.76. The topological polar surface area (TPSA) is 66.1 Å². The fraction of sp³-hybridized carbons (Fsp3) is 0.750. The molecule has 0 aliphatic rings. The molecule has 0 saturated heterocycles. The molecule has 1 aromatic rings. The molecule has 0 amide bonds. The molecule has 5 nitrogen and oxygen atoms in total. The van der Waals surface area contributed by atoms with Crippen molar-refractivity contribution in [2.24, 2.45) is 5.41 Å². The third-order valence-corrected chi connectivity index (χ3v) is 5.91. The number of aromatic amines is 1. The van der Waals surface area contributed by atoms with E-state index in [9.17, 15) is 8.42 Å². The summed E-state index contributed by atoms with van der Waals surface area (Å²) in [5, 5.41) is 6.63. The van der Waals surface area contributed by atoms with Crippen molar-refractivity contribution in [3.05, 3.63) is 11.4 Å². The number of halogens is 1. The van der Waals surface area contributed by atoms with Gasteiger partial charge in [-0.1, -0.05) is 20.8 Å². The number of sulfonamides is 1. The van der Waals surface area contributed by atoms with Crippen LogP contribution in [0.3, 0.4) is 0 Å². The summed E-state index contributed by atoms with van der Waals surface area (Å²) < 4.78 is 26.8. The molecule has 7 heteroatoms. The molecule has 1 heterocycles. The Bertz CT molecular complexity index is 546. The molecule has 1 unspecified atom stereocenters. The molecule has 0 spiro atoms. The van der Waals surface area contributed by atoms with Crippen LogP contribution >= 0.6 is 11.6 Å². The summed E-state index contributed by atoms with van der Waals surface area (Å²) in [6, 6.07) is -0.144. The van der Waals surface area contributed by atoms with Gasteiger partial charge in [-0.3, -0.25) is 5.10 Å². The molecule has 0 radical (unpaired) electrons. The fourth-order valence-electron chi connectivity index (χ4n) is 1.80. The van der Waals surface area contributed by atoms with E-state index in [1.165, 1.54) is 4.31 Å². The zero-order valence-electron chi connectivity index (χ0n) is 12.3. The normalized spacial score (nSPS) is 14.9. The SMILES string of the molecule is Cc1[nH]nc(CCl)c1S(=O)(=O)N(C)C(C)C(C)(C)C. The van der Waals surface area contributed by atoms with Gasteiger partial charge in [-0.05, 0) is 19.3 Å². The molecule has 0 saturated carbocycles. The molecule has 0 aromatic carbocycles. The van der Waals surface area contributed by atoms with E-state index in [2.05, 4.69) is 10.2 Å². The van der Waals surface area contributed by atoms with Crippen molar-refractivity contribution in [3.8, 4) is 0 Å². The van der Waals surface area contributed by atoms with Gasteiger partial charge in [0.2, 0.25) is 10.0 Å². The first kappa shape index (κ1) is 16.5. The number of H-pyrrole nitrogens is 1. The van der Waals surface area contributed by atoms with Crippen LogP contribution in [0, 0.1) is 12.3 Å². The predicted octanol–water partition coefficient (Wildman–Crippen LogP) is 2.51. The highest BCUT2D eigenvalue weighted by atomic mass is 35.5. The molecule has 1 aromatic heterocycles. The Balaban J connectivity index is 3.28. The van der Waals surface area contributed by atoms with Crippen LogP contribution in [0.1, 0.15) is 39.1 Å². The molecule has 1 rings (SSSR count). The highest BCUT2D eigenvalue weighted by Gasteiger charge is 2.35. The number of nitrogens with zero attached hydrogens (tertiary/aromatic N) is 2. The molecular weight excluding hydrogens is 286 g/mol. The van der Waals surface area contributed by atoms with E-state index in [0.29, 0.717) is 11.4 Å². The highest BCUT2D eigenvalue weighted by molar-refractivity contribution is 7.89. The molecule has 0 aliphatic heterocycles. The van der Waals surface area contributed by atoms with Gasteiger partial charge in [-0.25, -0.2) is 8.42 Å². The molecule has 1 atom stereocenters. The smallest absolute Gasteiger partial charge is 0.246 e. The summed E-state index contributed by atoms with van der Waals surface area (Å²) in [6.07, 6.45) is 0. The Morgan fingerprint density at radius 1 is 1.42 bits per heavy atom. The van der Waals surface area contributed by atoms with Gasteiger partial charge in [0.05, 0.1) is 17.3 Å². The Morgan fingerprint density at radius 2 is 1.95 bits per heavy atom. The number of aryl methyl sites for hydroxylation is 1. The number of nitrogens with one attached hydrogen (secondary N) is 1. The minimum absolute atomic E-state index is 0.0661. The maximum atomic E-state index is 12.7. The number of alkyl halides is 1.